The first kappa shape index (κ1) is 12.9. The molecule has 12 heavy (non-hydrogen) atoms. The van der Waals surface area contributed by atoms with Gasteiger partial charge >= 0.3 is 0 Å². The lowest BCUT2D eigenvalue weighted by molar-refractivity contribution is 1.03. The van der Waals surface area contributed by atoms with Gasteiger partial charge in [0, 0.05) is 0 Å². The SMILES string of the molecule is C=C[Si](C)(C)CCC[Si](C)(C)I. The second-order valence-corrected chi connectivity index (χ2v) is 22.3. The Kier molecular flexibility index (Phi) is 5.33. The van der Waals surface area contributed by atoms with E-state index in [1.54, 1.807) is 0 Å². The molecule has 0 aromatic rings. The maximum Gasteiger partial charge on any atom is 0.119 e. The van der Waals surface area contributed by atoms with E-state index in [-0.39, 0.29) is 0 Å². The van der Waals surface area contributed by atoms with Gasteiger partial charge in [-0.25, -0.2) is 0 Å². The molecular formula is C9H21ISi2. The first-order valence-electron chi connectivity index (χ1n) is 4.59. The van der Waals surface area contributed by atoms with Gasteiger partial charge in [-0.1, -0.05) is 38.7 Å². The highest BCUT2D eigenvalue weighted by atomic mass is 127. The topological polar surface area (TPSA) is 0 Å². The van der Waals surface area contributed by atoms with Crippen molar-refractivity contribution in [2.24, 2.45) is 0 Å². The van der Waals surface area contributed by atoms with Crippen molar-refractivity contribution in [2.75, 3.05) is 0 Å². The van der Waals surface area contributed by atoms with Crippen molar-refractivity contribution in [3.8, 4) is 0 Å². The molecule has 0 rings (SSSR count). The molecule has 0 aliphatic heterocycles. The van der Waals surface area contributed by atoms with Crippen molar-refractivity contribution in [1.82, 2.24) is 0 Å². The van der Waals surface area contributed by atoms with Gasteiger partial charge in [0.2, 0.25) is 0 Å². The zero-order chi connectivity index (χ0) is 9.83. The van der Waals surface area contributed by atoms with E-state index in [0.717, 1.165) is 0 Å². The molecule has 0 saturated carbocycles. The summed E-state index contributed by atoms with van der Waals surface area (Å²) in [6.07, 6.45) is 1.42. The fraction of sp³-hybridized carbons (Fsp3) is 0.778. The molecule has 0 unspecified atom stereocenters. The Balaban J connectivity index is 3.64. The lowest BCUT2D eigenvalue weighted by Gasteiger charge is -2.19. The fourth-order valence-corrected chi connectivity index (χ4v) is 4.87. The van der Waals surface area contributed by atoms with Crippen LogP contribution in [0.2, 0.25) is 38.3 Å². The van der Waals surface area contributed by atoms with Crippen molar-refractivity contribution >= 4 is 35.4 Å². The zero-order valence-electron chi connectivity index (χ0n) is 8.78. The van der Waals surface area contributed by atoms with Crippen LogP contribution in [-0.4, -0.2) is 13.6 Å². The molecule has 0 spiro atoms. The summed E-state index contributed by atoms with van der Waals surface area (Å²) in [6, 6.07) is 2.90. The molecule has 0 N–H and O–H groups in total. The fourth-order valence-electron chi connectivity index (χ4n) is 1.07. The van der Waals surface area contributed by atoms with Crippen LogP contribution in [0.5, 0.6) is 0 Å². The molecule has 0 nitrogen and oxygen atoms in total. The third-order valence-corrected chi connectivity index (χ3v) is 8.05. The monoisotopic (exact) mass is 312 g/mol. The van der Waals surface area contributed by atoms with Gasteiger partial charge < -0.3 is 0 Å². The van der Waals surface area contributed by atoms with Gasteiger partial charge in [0.15, 0.2) is 0 Å². The van der Waals surface area contributed by atoms with E-state index in [9.17, 15) is 0 Å². The van der Waals surface area contributed by atoms with Gasteiger partial charge in [0.25, 0.3) is 0 Å². The number of rotatable bonds is 5. The van der Waals surface area contributed by atoms with Gasteiger partial charge in [0.1, 0.15) is 5.57 Å². The molecule has 72 valence electrons. The Labute approximate surface area is 92.1 Å². The Morgan fingerprint density at radius 1 is 1.17 bits per heavy atom. The molecule has 0 aromatic heterocycles. The van der Waals surface area contributed by atoms with E-state index in [0.29, 0.717) is 0 Å². The van der Waals surface area contributed by atoms with Crippen LogP contribution >= 0.6 is 21.8 Å². The van der Waals surface area contributed by atoms with Gasteiger partial charge in [0.05, 0.1) is 8.07 Å². The molecule has 0 aliphatic rings. The summed E-state index contributed by atoms with van der Waals surface area (Å²) in [5.74, 6) is 0. The minimum atomic E-state index is -0.994. The van der Waals surface area contributed by atoms with Gasteiger partial charge in [-0.05, 0) is 6.04 Å². The smallest absolute Gasteiger partial charge is 0.119 e. The molecule has 0 bridgehead atoms. The van der Waals surface area contributed by atoms with Crippen molar-refractivity contribution in [2.45, 2.75) is 44.7 Å². The third kappa shape index (κ3) is 7.55. The normalized spacial score (nSPS) is 13.1. The quantitative estimate of drug-likeness (QED) is 0.400. The van der Waals surface area contributed by atoms with E-state index in [4.69, 9.17) is 0 Å². The molecule has 0 aromatic carbocycles. The first-order valence-corrected chi connectivity index (χ1v) is 14.2. The number of halogens is 1. The maximum atomic E-state index is 3.92. The molecule has 0 aliphatic carbocycles. The van der Waals surface area contributed by atoms with Crippen LogP contribution < -0.4 is 0 Å². The average molecular weight is 312 g/mol. The van der Waals surface area contributed by atoms with Gasteiger partial charge in [-0.3, -0.25) is 0 Å². The van der Waals surface area contributed by atoms with Crippen molar-refractivity contribution in [1.29, 1.82) is 0 Å². The largest absolute Gasteiger partial charge is 0.119 e. The summed E-state index contributed by atoms with van der Waals surface area (Å²) >= 11 is 2.67. The van der Waals surface area contributed by atoms with Crippen LogP contribution in [0.1, 0.15) is 6.42 Å². The molecule has 0 amide bonds. The maximum absolute atomic E-state index is 3.92. The van der Waals surface area contributed by atoms with E-state index >= 15 is 0 Å². The molecule has 0 radical (unpaired) electrons. The van der Waals surface area contributed by atoms with E-state index in [1.807, 2.05) is 0 Å². The van der Waals surface area contributed by atoms with E-state index in [1.165, 1.54) is 18.5 Å². The van der Waals surface area contributed by atoms with E-state index in [2.05, 4.69) is 60.3 Å². The predicted octanol–water partition coefficient (Wildman–Crippen LogP) is 4.45. The average Bonchev–Trinajstić information content (AvgIpc) is 1.84. The molecule has 0 atom stereocenters. The van der Waals surface area contributed by atoms with E-state index < -0.39 is 13.6 Å². The Hall–Kier alpha value is 0.904. The molecule has 0 heterocycles. The second kappa shape index (κ2) is 4.95. The summed E-state index contributed by atoms with van der Waals surface area (Å²) in [7, 11) is -0.994. The summed E-state index contributed by atoms with van der Waals surface area (Å²) in [4.78, 5) is 0. The summed E-state index contributed by atoms with van der Waals surface area (Å²) in [6.45, 7) is 13.6. The number of hydrogen-bond donors (Lipinski definition) is 0. The molecule has 3 heteroatoms. The highest BCUT2D eigenvalue weighted by Gasteiger charge is 2.19. The van der Waals surface area contributed by atoms with Gasteiger partial charge in [-0.15, -0.1) is 34.1 Å². The van der Waals surface area contributed by atoms with Crippen LogP contribution in [0.15, 0.2) is 12.3 Å². The van der Waals surface area contributed by atoms with Crippen LogP contribution in [0, 0.1) is 0 Å². The Bertz CT molecular complexity index is 147. The van der Waals surface area contributed by atoms with Crippen LogP contribution in [0.4, 0.5) is 0 Å². The third-order valence-electron chi connectivity index (χ3n) is 2.14. The minimum absolute atomic E-state index is 0.812. The first-order chi connectivity index (χ1) is 5.27. The second-order valence-electron chi connectivity index (χ2n) is 4.76. The van der Waals surface area contributed by atoms with Crippen LogP contribution in [0.25, 0.3) is 0 Å². The number of hydrogen-bond acceptors (Lipinski definition) is 0. The lowest BCUT2D eigenvalue weighted by atomic mass is 10.6. The highest BCUT2D eigenvalue weighted by Crippen LogP contribution is 2.24. The summed E-state index contributed by atoms with van der Waals surface area (Å²) < 4.78 is 0. The van der Waals surface area contributed by atoms with Gasteiger partial charge in [-0.2, -0.15) is 0 Å². The van der Waals surface area contributed by atoms with Crippen molar-refractivity contribution in [3.63, 3.8) is 0 Å². The predicted molar refractivity (Wildman–Crippen MR) is 73.4 cm³/mol. The van der Waals surface area contributed by atoms with Crippen LogP contribution in [-0.2, 0) is 0 Å². The summed E-state index contributed by atoms with van der Waals surface area (Å²) in [5, 5.41) is 0. The van der Waals surface area contributed by atoms with Crippen molar-refractivity contribution < 1.29 is 0 Å². The zero-order valence-corrected chi connectivity index (χ0v) is 12.9. The molecular weight excluding hydrogens is 291 g/mol. The standard InChI is InChI=1S/C9H21ISi2/c1-6-11(2,3)8-7-9-12(4,5)10/h6H,1,7-9H2,2-5H3. The summed E-state index contributed by atoms with van der Waals surface area (Å²) in [5.41, 5.74) is 1.41. The minimum Gasteiger partial charge on any atom is -0.119 e. The van der Waals surface area contributed by atoms with Crippen molar-refractivity contribution in [3.05, 3.63) is 12.3 Å². The van der Waals surface area contributed by atoms with Crippen LogP contribution in [0.3, 0.4) is 0 Å². The Morgan fingerprint density at radius 3 is 2.00 bits per heavy atom. The molecule has 0 saturated heterocycles. The molecule has 0 fully saturated rings. The lowest BCUT2D eigenvalue weighted by Crippen LogP contribution is -2.23. The highest BCUT2D eigenvalue weighted by molar-refractivity contribution is 14.1. The Morgan fingerprint density at radius 2 is 1.67 bits per heavy atom.